The largest absolute Gasteiger partial charge is 0.326 e. The second-order valence-electron chi connectivity index (χ2n) is 7.96. The molecular weight excluding hydrogens is 450 g/mol. The first-order valence-electron chi connectivity index (χ1n) is 10.5. The van der Waals surface area contributed by atoms with Gasteiger partial charge in [0.2, 0.25) is 26.0 Å². The van der Waals surface area contributed by atoms with E-state index >= 15 is 0 Å². The zero-order chi connectivity index (χ0) is 23.4. The third-order valence-corrected chi connectivity index (χ3v) is 8.44. The zero-order valence-corrected chi connectivity index (χ0v) is 20.0. The van der Waals surface area contributed by atoms with E-state index < -0.39 is 20.0 Å². The molecule has 0 radical (unpaired) electrons. The van der Waals surface area contributed by atoms with E-state index in [1.54, 1.807) is 24.3 Å². The van der Waals surface area contributed by atoms with Crippen LogP contribution in [0.4, 0.5) is 11.4 Å². The van der Waals surface area contributed by atoms with E-state index in [-0.39, 0.29) is 23.8 Å². The molecule has 0 spiro atoms. The van der Waals surface area contributed by atoms with E-state index in [1.165, 1.54) is 20.7 Å². The van der Waals surface area contributed by atoms with Gasteiger partial charge >= 0.3 is 0 Å². The van der Waals surface area contributed by atoms with Crippen LogP contribution in [0.25, 0.3) is 0 Å². The maximum atomic E-state index is 12.6. The number of carbonyl (C=O) groups excluding carboxylic acids is 1. The van der Waals surface area contributed by atoms with Gasteiger partial charge in [-0.1, -0.05) is 17.7 Å². The van der Waals surface area contributed by atoms with Gasteiger partial charge in [-0.25, -0.2) is 16.8 Å². The van der Waals surface area contributed by atoms with Gasteiger partial charge in [-0.3, -0.25) is 9.10 Å². The summed E-state index contributed by atoms with van der Waals surface area (Å²) in [5.74, 6) is -0.266. The van der Waals surface area contributed by atoms with Crippen molar-refractivity contribution in [2.24, 2.45) is 0 Å². The number of benzene rings is 2. The predicted molar refractivity (Wildman–Crippen MR) is 126 cm³/mol. The molecule has 2 aromatic rings. The molecule has 1 N–H and O–H groups in total. The summed E-state index contributed by atoms with van der Waals surface area (Å²) in [5.41, 5.74) is 2.09. The minimum Gasteiger partial charge on any atom is -0.326 e. The first-order valence-corrected chi connectivity index (χ1v) is 13.8. The maximum absolute atomic E-state index is 12.6. The topological polar surface area (TPSA) is 104 Å². The van der Waals surface area contributed by atoms with Gasteiger partial charge in [-0.15, -0.1) is 0 Å². The first kappa shape index (κ1) is 24.2. The molecule has 1 heterocycles. The van der Waals surface area contributed by atoms with Crippen LogP contribution in [-0.4, -0.2) is 52.9 Å². The third-order valence-electron chi connectivity index (χ3n) is 5.33. The van der Waals surface area contributed by atoms with Crippen molar-refractivity contribution >= 4 is 37.3 Å². The van der Waals surface area contributed by atoms with E-state index in [1.807, 2.05) is 19.1 Å². The van der Waals surface area contributed by atoms with E-state index in [4.69, 9.17) is 0 Å². The molecule has 0 bridgehead atoms. The van der Waals surface area contributed by atoms with Gasteiger partial charge in [0.1, 0.15) is 0 Å². The van der Waals surface area contributed by atoms with Gasteiger partial charge in [0.15, 0.2) is 0 Å². The van der Waals surface area contributed by atoms with Crippen LogP contribution in [0.5, 0.6) is 0 Å². The Morgan fingerprint density at radius 3 is 2.12 bits per heavy atom. The number of carbonyl (C=O) groups is 1. The van der Waals surface area contributed by atoms with Gasteiger partial charge < -0.3 is 5.32 Å². The molecule has 0 aliphatic carbocycles. The Morgan fingerprint density at radius 2 is 1.56 bits per heavy atom. The van der Waals surface area contributed by atoms with E-state index in [0.717, 1.165) is 24.7 Å². The van der Waals surface area contributed by atoms with Gasteiger partial charge in [-0.05, 0) is 62.6 Å². The van der Waals surface area contributed by atoms with Crippen LogP contribution in [0.2, 0.25) is 0 Å². The summed E-state index contributed by atoms with van der Waals surface area (Å²) in [4.78, 5) is 12.5. The number of amides is 1. The number of anilines is 2. The van der Waals surface area contributed by atoms with Crippen molar-refractivity contribution in [2.45, 2.75) is 37.5 Å². The fourth-order valence-electron chi connectivity index (χ4n) is 3.59. The molecule has 32 heavy (non-hydrogen) atoms. The van der Waals surface area contributed by atoms with Crippen molar-refractivity contribution in [1.29, 1.82) is 0 Å². The summed E-state index contributed by atoms with van der Waals surface area (Å²) in [6.45, 7) is 3.18. The lowest BCUT2D eigenvalue weighted by Gasteiger charge is -2.22. The average molecular weight is 480 g/mol. The number of aryl methyl sites for hydroxylation is 1. The van der Waals surface area contributed by atoms with Crippen LogP contribution in [-0.2, 0) is 24.8 Å². The predicted octanol–water partition coefficient (Wildman–Crippen LogP) is 2.96. The molecule has 1 fully saturated rings. The lowest BCUT2D eigenvalue weighted by atomic mass is 10.2. The molecule has 1 aliphatic heterocycles. The minimum absolute atomic E-state index is 0.131. The Bertz CT molecular complexity index is 1140. The van der Waals surface area contributed by atoms with Crippen molar-refractivity contribution in [3.05, 3.63) is 54.1 Å². The summed E-state index contributed by atoms with van der Waals surface area (Å²) in [6.07, 6.45) is 3.35. The monoisotopic (exact) mass is 479 g/mol. The van der Waals surface area contributed by atoms with Gasteiger partial charge in [-0.2, -0.15) is 4.31 Å². The number of sulfonamides is 2. The first-order chi connectivity index (χ1) is 15.1. The Balaban J connectivity index is 1.55. The van der Waals surface area contributed by atoms with Crippen LogP contribution in [0.3, 0.4) is 0 Å². The fraction of sp³-hybridized carbons (Fsp3) is 0.409. The van der Waals surface area contributed by atoms with Crippen molar-refractivity contribution in [3.63, 3.8) is 0 Å². The second kappa shape index (κ2) is 10.0. The van der Waals surface area contributed by atoms with Crippen LogP contribution in [0.1, 0.15) is 31.2 Å². The van der Waals surface area contributed by atoms with Crippen molar-refractivity contribution in [2.75, 3.05) is 35.5 Å². The lowest BCUT2D eigenvalue weighted by molar-refractivity contribution is -0.116. The maximum Gasteiger partial charge on any atom is 0.243 e. The number of hydrogen-bond donors (Lipinski definition) is 1. The highest BCUT2D eigenvalue weighted by atomic mass is 32.2. The average Bonchev–Trinajstić information content (AvgIpc) is 3.27. The third kappa shape index (κ3) is 6.08. The van der Waals surface area contributed by atoms with Crippen molar-refractivity contribution < 1.29 is 21.6 Å². The zero-order valence-electron chi connectivity index (χ0n) is 18.3. The highest BCUT2D eigenvalue weighted by Gasteiger charge is 2.27. The SMILES string of the molecule is Cc1ccc(N(CCCC(=O)Nc2ccc(S(=O)(=O)N3CCCC3)cc2)S(C)(=O)=O)cc1. The Hall–Kier alpha value is -2.43. The molecule has 8 nitrogen and oxygen atoms in total. The number of nitrogens with zero attached hydrogens (tertiary/aromatic N) is 2. The van der Waals surface area contributed by atoms with Crippen LogP contribution < -0.4 is 9.62 Å². The molecule has 0 aromatic heterocycles. The summed E-state index contributed by atoms with van der Waals surface area (Å²) < 4.78 is 52.2. The molecule has 10 heteroatoms. The molecule has 2 aromatic carbocycles. The molecule has 3 rings (SSSR count). The normalized spacial score (nSPS) is 14.9. The fourth-order valence-corrected chi connectivity index (χ4v) is 6.07. The highest BCUT2D eigenvalue weighted by Crippen LogP contribution is 2.23. The molecule has 1 saturated heterocycles. The standard InChI is InChI=1S/C22H29N3O5S2/c1-18-7-11-20(12-8-18)25(31(2,27)28)17-5-6-22(26)23-19-9-13-21(14-10-19)32(29,30)24-15-3-4-16-24/h7-14H,3-6,15-17H2,1-2H3,(H,23,26). The Labute approximate surface area is 190 Å². The van der Waals surface area contributed by atoms with E-state index in [0.29, 0.717) is 30.9 Å². The van der Waals surface area contributed by atoms with E-state index in [9.17, 15) is 21.6 Å². The summed E-state index contributed by atoms with van der Waals surface area (Å²) >= 11 is 0. The van der Waals surface area contributed by atoms with Crippen LogP contribution >= 0.6 is 0 Å². The van der Waals surface area contributed by atoms with E-state index in [2.05, 4.69) is 5.32 Å². The number of nitrogens with one attached hydrogen (secondary N) is 1. The summed E-state index contributed by atoms with van der Waals surface area (Å²) in [7, 11) is -6.97. The Morgan fingerprint density at radius 1 is 0.969 bits per heavy atom. The molecule has 0 saturated carbocycles. The smallest absolute Gasteiger partial charge is 0.243 e. The molecule has 174 valence electrons. The van der Waals surface area contributed by atoms with Crippen molar-refractivity contribution in [3.8, 4) is 0 Å². The van der Waals surface area contributed by atoms with Crippen LogP contribution in [0.15, 0.2) is 53.4 Å². The van der Waals surface area contributed by atoms with Gasteiger partial charge in [0.25, 0.3) is 0 Å². The molecule has 0 unspecified atom stereocenters. The van der Waals surface area contributed by atoms with Crippen molar-refractivity contribution in [1.82, 2.24) is 4.31 Å². The van der Waals surface area contributed by atoms with Gasteiger partial charge in [0.05, 0.1) is 16.8 Å². The molecule has 1 aliphatic rings. The second-order valence-corrected chi connectivity index (χ2v) is 11.8. The molecule has 0 atom stereocenters. The summed E-state index contributed by atoms with van der Waals surface area (Å²) in [5, 5.41) is 2.73. The molecular formula is C22H29N3O5S2. The van der Waals surface area contributed by atoms with Crippen LogP contribution in [0, 0.1) is 6.92 Å². The number of hydrogen-bond acceptors (Lipinski definition) is 5. The van der Waals surface area contributed by atoms with Gasteiger partial charge in [0, 0.05) is 31.7 Å². The Kier molecular flexibility index (Phi) is 7.58. The number of rotatable bonds is 9. The lowest BCUT2D eigenvalue weighted by Crippen LogP contribution is -2.31. The molecule has 1 amide bonds. The summed E-state index contributed by atoms with van der Waals surface area (Å²) in [6, 6.07) is 13.3. The minimum atomic E-state index is -3.49. The quantitative estimate of drug-likeness (QED) is 0.596. The highest BCUT2D eigenvalue weighted by molar-refractivity contribution is 7.92.